The zero-order valence-corrected chi connectivity index (χ0v) is 14.5. The van der Waals surface area contributed by atoms with Crippen molar-refractivity contribution in [2.45, 2.75) is 58.7 Å². The van der Waals surface area contributed by atoms with E-state index >= 15 is 0 Å². The van der Waals surface area contributed by atoms with Crippen molar-refractivity contribution >= 4 is 5.91 Å². The second-order valence-electron chi connectivity index (χ2n) is 6.38. The van der Waals surface area contributed by atoms with Crippen LogP contribution in [0.25, 0.3) is 0 Å². The highest BCUT2D eigenvalue weighted by molar-refractivity contribution is 5.93. The van der Waals surface area contributed by atoms with Gasteiger partial charge in [-0.1, -0.05) is 6.07 Å². The molecule has 2 aromatic heterocycles. The Morgan fingerprint density at radius 3 is 2.92 bits per heavy atom. The Kier molecular flexibility index (Phi) is 4.83. The molecule has 2 heterocycles. The Labute approximate surface area is 142 Å². The summed E-state index contributed by atoms with van der Waals surface area (Å²) in [6.07, 6.45) is 8.22. The fourth-order valence-electron chi connectivity index (χ4n) is 3.18. The van der Waals surface area contributed by atoms with E-state index in [-0.39, 0.29) is 18.1 Å². The molecule has 1 saturated carbocycles. The first-order valence-corrected chi connectivity index (χ1v) is 8.50. The number of pyridine rings is 1. The Hall–Kier alpha value is -2.37. The highest BCUT2D eigenvalue weighted by Gasteiger charge is 2.31. The van der Waals surface area contributed by atoms with Gasteiger partial charge in [0, 0.05) is 12.7 Å². The summed E-state index contributed by atoms with van der Waals surface area (Å²) >= 11 is 0. The zero-order valence-electron chi connectivity index (χ0n) is 14.5. The molecule has 6 nitrogen and oxygen atoms in total. The van der Waals surface area contributed by atoms with Crippen LogP contribution in [0.1, 0.15) is 47.8 Å². The third-order valence-corrected chi connectivity index (χ3v) is 4.42. The van der Waals surface area contributed by atoms with Crippen molar-refractivity contribution < 1.29 is 9.53 Å². The predicted octanol–water partition coefficient (Wildman–Crippen LogP) is 2.64. The fraction of sp³-hybridized carbons (Fsp3) is 0.500. The molecule has 0 radical (unpaired) electrons. The molecule has 0 saturated heterocycles. The van der Waals surface area contributed by atoms with Crippen LogP contribution in [-0.4, -0.2) is 32.8 Å². The second-order valence-corrected chi connectivity index (χ2v) is 6.38. The summed E-state index contributed by atoms with van der Waals surface area (Å²) in [5.41, 5.74) is 2.44. The number of hydrogen-bond donors (Lipinski definition) is 1. The van der Waals surface area contributed by atoms with Crippen LogP contribution in [0, 0.1) is 13.8 Å². The third kappa shape index (κ3) is 3.58. The van der Waals surface area contributed by atoms with E-state index in [0.29, 0.717) is 5.69 Å². The minimum Gasteiger partial charge on any atom is -0.485 e. The smallest absolute Gasteiger partial charge is 0.270 e. The van der Waals surface area contributed by atoms with Gasteiger partial charge in [-0.3, -0.25) is 14.5 Å². The lowest BCUT2D eigenvalue weighted by Crippen LogP contribution is -2.42. The van der Waals surface area contributed by atoms with Gasteiger partial charge < -0.3 is 10.1 Å². The van der Waals surface area contributed by atoms with Gasteiger partial charge in [0.1, 0.15) is 11.8 Å². The van der Waals surface area contributed by atoms with Crippen molar-refractivity contribution in [3.05, 3.63) is 41.5 Å². The Bertz CT molecular complexity index is 726. The molecule has 1 aliphatic carbocycles. The standard InChI is InChI=1S/C18H24N4O2/c1-4-22-11-14(10-20-22)24-16-7-5-6-15(16)21-18(23)17-13(3)8-12(2)9-19-17/h8-11,15-16H,4-7H2,1-3H3,(H,21,23)/t15-,16+/m0/s1. The predicted molar refractivity (Wildman–Crippen MR) is 91.1 cm³/mol. The van der Waals surface area contributed by atoms with Gasteiger partial charge in [0.05, 0.1) is 18.4 Å². The van der Waals surface area contributed by atoms with Crippen LogP contribution < -0.4 is 10.1 Å². The van der Waals surface area contributed by atoms with E-state index in [1.165, 1.54) is 0 Å². The van der Waals surface area contributed by atoms with E-state index < -0.39 is 0 Å². The van der Waals surface area contributed by atoms with Crippen LogP contribution in [0.5, 0.6) is 5.75 Å². The van der Waals surface area contributed by atoms with Gasteiger partial charge in [0.2, 0.25) is 0 Å². The van der Waals surface area contributed by atoms with Crippen LogP contribution in [0.3, 0.4) is 0 Å². The molecular weight excluding hydrogens is 304 g/mol. The van der Waals surface area contributed by atoms with Crippen LogP contribution in [0.2, 0.25) is 0 Å². The van der Waals surface area contributed by atoms with Crippen LogP contribution in [-0.2, 0) is 6.54 Å². The molecule has 0 aromatic carbocycles. The average molecular weight is 328 g/mol. The molecule has 1 fully saturated rings. The Morgan fingerprint density at radius 2 is 2.21 bits per heavy atom. The highest BCUT2D eigenvalue weighted by atomic mass is 16.5. The number of nitrogens with one attached hydrogen (secondary N) is 1. The van der Waals surface area contributed by atoms with Gasteiger partial charge in [0.25, 0.3) is 5.91 Å². The normalized spacial score (nSPS) is 20.1. The third-order valence-electron chi connectivity index (χ3n) is 4.42. The van der Waals surface area contributed by atoms with Crippen LogP contribution in [0.15, 0.2) is 24.7 Å². The topological polar surface area (TPSA) is 69.0 Å². The number of carbonyl (C=O) groups is 1. The van der Waals surface area contributed by atoms with Crippen molar-refractivity contribution in [3.63, 3.8) is 0 Å². The number of amides is 1. The van der Waals surface area contributed by atoms with Crippen molar-refractivity contribution in [2.24, 2.45) is 0 Å². The first kappa shape index (κ1) is 16.5. The van der Waals surface area contributed by atoms with E-state index in [9.17, 15) is 4.79 Å². The first-order chi connectivity index (χ1) is 11.6. The number of aryl methyl sites for hydroxylation is 3. The summed E-state index contributed by atoms with van der Waals surface area (Å²) in [7, 11) is 0. The molecule has 6 heteroatoms. The molecule has 24 heavy (non-hydrogen) atoms. The van der Waals surface area contributed by atoms with Gasteiger partial charge in [-0.05, 0) is 51.2 Å². The molecule has 0 bridgehead atoms. The van der Waals surface area contributed by atoms with E-state index in [4.69, 9.17) is 4.74 Å². The minimum atomic E-state index is -0.128. The van der Waals surface area contributed by atoms with Gasteiger partial charge >= 0.3 is 0 Å². The summed E-state index contributed by atoms with van der Waals surface area (Å²) in [6.45, 7) is 6.73. The quantitative estimate of drug-likeness (QED) is 0.916. The minimum absolute atomic E-state index is 0.00461. The van der Waals surface area contributed by atoms with E-state index in [2.05, 4.69) is 15.4 Å². The van der Waals surface area contributed by atoms with E-state index in [0.717, 1.165) is 42.7 Å². The number of hydrogen-bond acceptors (Lipinski definition) is 4. The van der Waals surface area contributed by atoms with E-state index in [1.807, 2.05) is 37.7 Å². The second kappa shape index (κ2) is 7.03. The Morgan fingerprint density at radius 1 is 1.38 bits per heavy atom. The van der Waals surface area contributed by atoms with Gasteiger partial charge in [0.15, 0.2) is 5.75 Å². The number of carbonyl (C=O) groups excluding carboxylic acids is 1. The zero-order chi connectivity index (χ0) is 17.1. The number of ether oxygens (including phenoxy) is 1. The molecule has 1 N–H and O–H groups in total. The maximum absolute atomic E-state index is 12.5. The lowest BCUT2D eigenvalue weighted by atomic mass is 10.1. The summed E-state index contributed by atoms with van der Waals surface area (Å²) < 4.78 is 7.87. The lowest BCUT2D eigenvalue weighted by Gasteiger charge is -2.21. The van der Waals surface area contributed by atoms with Crippen molar-refractivity contribution in [2.75, 3.05) is 0 Å². The molecule has 2 aromatic rings. The Balaban J connectivity index is 1.65. The first-order valence-electron chi connectivity index (χ1n) is 8.50. The largest absolute Gasteiger partial charge is 0.485 e. The molecule has 1 amide bonds. The van der Waals surface area contributed by atoms with Crippen molar-refractivity contribution in [1.29, 1.82) is 0 Å². The molecule has 128 valence electrons. The molecule has 0 aliphatic heterocycles. The summed E-state index contributed by atoms with van der Waals surface area (Å²) in [5.74, 6) is 0.630. The fourth-order valence-corrected chi connectivity index (χ4v) is 3.18. The maximum atomic E-state index is 12.5. The van der Waals surface area contributed by atoms with Crippen LogP contribution in [0.4, 0.5) is 0 Å². The maximum Gasteiger partial charge on any atom is 0.270 e. The van der Waals surface area contributed by atoms with Gasteiger partial charge in [-0.2, -0.15) is 5.10 Å². The van der Waals surface area contributed by atoms with Crippen LogP contribution >= 0.6 is 0 Å². The SMILES string of the molecule is CCn1cc(O[C@@H]2CCC[C@@H]2NC(=O)c2ncc(C)cc2C)cn1. The summed E-state index contributed by atoms with van der Waals surface area (Å²) in [4.78, 5) is 16.8. The molecule has 3 rings (SSSR count). The summed E-state index contributed by atoms with van der Waals surface area (Å²) in [6, 6.07) is 1.98. The number of nitrogens with zero attached hydrogens (tertiary/aromatic N) is 3. The highest BCUT2D eigenvalue weighted by Crippen LogP contribution is 2.25. The molecule has 2 atom stereocenters. The lowest BCUT2D eigenvalue weighted by molar-refractivity contribution is 0.0888. The van der Waals surface area contributed by atoms with Gasteiger partial charge in [-0.15, -0.1) is 0 Å². The molecule has 0 unspecified atom stereocenters. The van der Waals surface area contributed by atoms with Crippen molar-refractivity contribution in [3.8, 4) is 5.75 Å². The van der Waals surface area contributed by atoms with Gasteiger partial charge in [-0.25, -0.2) is 0 Å². The summed E-state index contributed by atoms with van der Waals surface area (Å²) in [5, 5.41) is 7.32. The monoisotopic (exact) mass is 328 g/mol. The average Bonchev–Trinajstić information content (AvgIpc) is 3.17. The number of aromatic nitrogens is 3. The molecule has 0 spiro atoms. The van der Waals surface area contributed by atoms with E-state index in [1.54, 1.807) is 12.4 Å². The molecular formula is C18H24N4O2. The number of rotatable bonds is 5. The molecule has 1 aliphatic rings. The van der Waals surface area contributed by atoms with Crippen molar-refractivity contribution in [1.82, 2.24) is 20.1 Å².